The molecule has 2 aromatic carbocycles. The Balaban J connectivity index is 1.40. The van der Waals surface area contributed by atoms with Gasteiger partial charge in [-0.1, -0.05) is 17.7 Å². The number of hydrogen-bond donors (Lipinski definition) is 1. The van der Waals surface area contributed by atoms with Crippen LogP contribution in [0.15, 0.2) is 66.2 Å². The molecular weight excluding hydrogens is 514 g/mol. The Morgan fingerprint density at radius 1 is 1.16 bits per heavy atom. The highest BCUT2D eigenvalue weighted by Crippen LogP contribution is 2.33. The number of aromatic nitrogens is 3. The van der Waals surface area contributed by atoms with Crippen molar-refractivity contribution in [2.24, 2.45) is 0 Å². The number of pyridine rings is 1. The maximum Gasteiger partial charge on any atom is 0.275 e. The Morgan fingerprint density at radius 2 is 2.00 bits per heavy atom. The molecule has 0 atom stereocenters. The van der Waals surface area contributed by atoms with Gasteiger partial charge >= 0.3 is 0 Å². The summed E-state index contributed by atoms with van der Waals surface area (Å²) in [6.45, 7) is 3.58. The zero-order valence-corrected chi connectivity index (χ0v) is 21.3. The third kappa shape index (κ3) is 5.16. The molecule has 3 heterocycles. The van der Waals surface area contributed by atoms with Crippen LogP contribution in [0.1, 0.15) is 11.3 Å². The van der Waals surface area contributed by atoms with E-state index in [4.69, 9.17) is 16.3 Å². The second-order valence-corrected chi connectivity index (χ2v) is 9.67. The lowest BCUT2D eigenvalue weighted by molar-refractivity contribution is -0.384. The summed E-state index contributed by atoms with van der Waals surface area (Å²) in [6.07, 6.45) is 1.69. The highest BCUT2D eigenvalue weighted by atomic mass is 35.5. The molecule has 11 heteroatoms. The van der Waals surface area contributed by atoms with Crippen molar-refractivity contribution in [3.63, 3.8) is 0 Å². The highest BCUT2D eigenvalue weighted by Gasteiger charge is 2.18. The molecule has 0 fully saturated rings. The number of carbonyl (C=O) groups excluding carboxylic acids is 1. The largest absolute Gasteiger partial charge is 0.457 e. The summed E-state index contributed by atoms with van der Waals surface area (Å²) >= 11 is 7.68. The number of ether oxygens (including phenoxy) is 1. The molecule has 1 N–H and O–H groups in total. The van der Waals surface area contributed by atoms with Crippen molar-refractivity contribution in [3.8, 4) is 21.9 Å². The van der Waals surface area contributed by atoms with Crippen LogP contribution in [0.3, 0.4) is 0 Å². The molecule has 0 saturated carbocycles. The molecule has 5 aromatic rings. The Hall–Kier alpha value is -4.28. The molecule has 0 aliphatic heterocycles. The van der Waals surface area contributed by atoms with Gasteiger partial charge in [0.25, 0.3) is 5.69 Å². The standard InChI is InChI=1S/C26H20ClN5O4S/c1-15-10-19(5-6-22(15)27)36-20-12-17(11-18(13-20)32(34)35)29-24(33)14-31-26-25(16(2)30-31)21(7-8-28-26)23-4-3-9-37-23/h3-13H,14H2,1-2H3,(H,29,33). The number of fused-ring (bicyclic) bond motifs is 1. The van der Waals surface area contributed by atoms with E-state index < -0.39 is 10.8 Å². The van der Waals surface area contributed by atoms with Crippen LogP contribution in [0.5, 0.6) is 11.5 Å². The highest BCUT2D eigenvalue weighted by molar-refractivity contribution is 7.13. The second-order valence-electron chi connectivity index (χ2n) is 8.31. The smallest absolute Gasteiger partial charge is 0.275 e. The normalized spacial score (nSPS) is 11.0. The fourth-order valence-corrected chi connectivity index (χ4v) is 4.88. The van der Waals surface area contributed by atoms with Crippen LogP contribution in [0.2, 0.25) is 5.02 Å². The molecule has 37 heavy (non-hydrogen) atoms. The van der Waals surface area contributed by atoms with E-state index in [1.165, 1.54) is 22.9 Å². The van der Waals surface area contributed by atoms with E-state index in [0.29, 0.717) is 16.4 Å². The van der Waals surface area contributed by atoms with E-state index in [1.54, 1.807) is 35.7 Å². The maximum atomic E-state index is 13.0. The topological polar surface area (TPSA) is 112 Å². The van der Waals surface area contributed by atoms with Gasteiger partial charge in [0.1, 0.15) is 18.0 Å². The average Bonchev–Trinajstić information content (AvgIpc) is 3.50. The number of nitro groups is 1. The number of rotatable bonds is 7. The molecule has 0 aliphatic rings. The number of halogens is 1. The number of non-ortho nitro benzene ring substituents is 1. The summed E-state index contributed by atoms with van der Waals surface area (Å²) in [4.78, 5) is 29.5. The van der Waals surface area contributed by atoms with Gasteiger partial charge in [-0.15, -0.1) is 11.3 Å². The van der Waals surface area contributed by atoms with Crippen molar-refractivity contribution < 1.29 is 14.5 Å². The predicted octanol–water partition coefficient (Wildman–Crippen LogP) is 6.77. The number of aryl methyl sites for hydroxylation is 2. The molecule has 1 amide bonds. The summed E-state index contributed by atoms with van der Waals surface area (Å²) in [5.41, 5.74) is 3.14. The van der Waals surface area contributed by atoms with E-state index in [1.807, 2.05) is 37.4 Å². The van der Waals surface area contributed by atoms with Crippen molar-refractivity contribution in [3.05, 3.63) is 92.6 Å². The first kappa shape index (κ1) is 24.4. The number of anilines is 1. The number of benzene rings is 2. The number of nitro benzene ring substituents is 1. The number of thiophene rings is 1. The molecule has 186 valence electrons. The first-order valence-electron chi connectivity index (χ1n) is 11.2. The van der Waals surface area contributed by atoms with Crippen LogP contribution in [0.4, 0.5) is 11.4 Å². The van der Waals surface area contributed by atoms with Gasteiger partial charge in [-0.25, -0.2) is 9.67 Å². The minimum Gasteiger partial charge on any atom is -0.457 e. The van der Waals surface area contributed by atoms with Crippen LogP contribution >= 0.6 is 22.9 Å². The first-order chi connectivity index (χ1) is 17.8. The fourth-order valence-electron chi connectivity index (χ4n) is 4.00. The Kier molecular flexibility index (Phi) is 6.60. The molecule has 0 unspecified atom stereocenters. The van der Waals surface area contributed by atoms with E-state index in [0.717, 1.165) is 27.1 Å². The van der Waals surface area contributed by atoms with Crippen molar-refractivity contribution in [2.75, 3.05) is 5.32 Å². The van der Waals surface area contributed by atoms with Crippen LogP contribution in [0.25, 0.3) is 21.5 Å². The summed E-state index contributed by atoms with van der Waals surface area (Å²) in [5, 5.41) is 22.2. The zero-order chi connectivity index (χ0) is 26.1. The van der Waals surface area contributed by atoms with Gasteiger partial charge in [0.15, 0.2) is 5.65 Å². The van der Waals surface area contributed by atoms with Crippen molar-refractivity contribution in [1.29, 1.82) is 0 Å². The number of hydrogen-bond acceptors (Lipinski definition) is 7. The van der Waals surface area contributed by atoms with Crippen molar-refractivity contribution in [2.45, 2.75) is 20.4 Å². The van der Waals surface area contributed by atoms with Crippen LogP contribution in [-0.2, 0) is 11.3 Å². The zero-order valence-electron chi connectivity index (χ0n) is 19.8. The lowest BCUT2D eigenvalue weighted by atomic mass is 10.1. The van der Waals surface area contributed by atoms with Crippen LogP contribution in [0, 0.1) is 24.0 Å². The van der Waals surface area contributed by atoms with Gasteiger partial charge in [-0.2, -0.15) is 5.10 Å². The number of carbonyl (C=O) groups is 1. The van der Waals surface area contributed by atoms with Crippen molar-refractivity contribution in [1.82, 2.24) is 14.8 Å². The molecule has 0 saturated heterocycles. The van der Waals surface area contributed by atoms with Crippen LogP contribution < -0.4 is 10.1 Å². The summed E-state index contributed by atoms with van der Waals surface area (Å²) in [5.74, 6) is 0.251. The van der Waals surface area contributed by atoms with E-state index >= 15 is 0 Å². The van der Waals surface area contributed by atoms with Gasteiger partial charge in [-0.3, -0.25) is 14.9 Å². The fraction of sp³-hybridized carbons (Fsp3) is 0.115. The van der Waals surface area contributed by atoms with Gasteiger partial charge < -0.3 is 10.1 Å². The molecule has 0 spiro atoms. The Bertz CT molecular complexity index is 1650. The SMILES string of the molecule is Cc1cc(Oc2cc(NC(=O)Cn3nc(C)c4c(-c5cccs5)ccnc43)cc([N+](=O)[O-])c2)ccc1Cl. The minimum absolute atomic E-state index is 0.125. The third-order valence-corrected chi connectivity index (χ3v) is 6.97. The van der Waals surface area contributed by atoms with E-state index in [-0.39, 0.29) is 23.7 Å². The summed E-state index contributed by atoms with van der Waals surface area (Å²) in [7, 11) is 0. The quantitative estimate of drug-likeness (QED) is 0.182. The Labute approximate surface area is 220 Å². The summed E-state index contributed by atoms with van der Waals surface area (Å²) < 4.78 is 7.34. The molecular formula is C26H20ClN5O4S. The monoisotopic (exact) mass is 533 g/mol. The molecule has 5 rings (SSSR count). The molecule has 0 radical (unpaired) electrons. The number of nitrogens with one attached hydrogen (secondary N) is 1. The number of nitrogens with zero attached hydrogens (tertiary/aromatic N) is 4. The molecule has 0 aliphatic carbocycles. The molecule has 3 aromatic heterocycles. The van der Waals surface area contributed by atoms with Crippen LogP contribution in [-0.4, -0.2) is 25.6 Å². The number of amides is 1. The molecule has 0 bridgehead atoms. The van der Waals surface area contributed by atoms with Gasteiger partial charge in [0, 0.05) is 33.8 Å². The van der Waals surface area contributed by atoms with E-state index in [2.05, 4.69) is 15.4 Å². The van der Waals surface area contributed by atoms with E-state index in [9.17, 15) is 14.9 Å². The average molecular weight is 534 g/mol. The lowest BCUT2D eigenvalue weighted by Crippen LogP contribution is -2.20. The lowest BCUT2D eigenvalue weighted by Gasteiger charge is -2.11. The predicted molar refractivity (Wildman–Crippen MR) is 144 cm³/mol. The summed E-state index contributed by atoms with van der Waals surface area (Å²) in [6, 6.07) is 15.1. The Morgan fingerprint density at radius 3 is 2.73 bits per heavy atom. The molecule has 9 nitrogen and oxygen atoms in total. The van der Waals surface area contributed by atoms with Crippen molar-refractivity contribution >= 4 is 51.3 Å². The minimum atomic E-state index is -0.546. The third-order valence-electron chi connectivity index (χ3n) is 5.64. The van der Waals surface area contributed by atoms with Gasteiger partial charge in [-0.05, 0) is 55.1 Å². The first-order valence-corrected chi connectivity index (χ1v) is 12.4. The van der Waals surface area contributed by atoms with Gasteiger partial charge in [0.05, 0.1) is 27.8 Å². The van der Waals surface area contributed by atoms with Gasteiger partial charge in [0.2, 0.25) is 5.91 Å². The second kappa shape index (κ2) is 10.00. The maximum absolute atomic E-state index is 13.0.